The van der Waals surface area contributed by atoms with Crippen LogP contribution >= 0.6 is 11.6 Å². The molecule has 1 aliphatic heterocycles. The maximum atomic E-state index is 10.9. The smallest absolute Gasteiger partial charge is 0.121 e. The second-order valence-electron chi connectivity index (χ2n) is 8.64. The van der Waals surface area contributed by atoms with Crippen LogP contribution in [0.2, 0.25) is 5.02 Å². The van der Waals surface area contributed by atoms with E-state index in [1.165, 1.54) is 0 Å². The largest absolute Gasteiger partial charge is 0.491 e. The molecule has 184 valence electrons. The van der Waals surface area contributed by atoms with Gasteiger partial charge >= 0.3 is 0 Å². The second-order valence-corrected chi connectivity index (χ2v) is 9.04. The molecule has 0 saturated carbocycles. The molecule has 0 radical (unpaired) electrons. The average molecular weight is 503 g/mol. The summed E-state index contributed by atoms with van der Waals surface area (Å²) in [6.45, 7) is 2.63. The lowest BCUT2D eigenvalue weighted by Gasteiger charge is -2.44. The molecule has 1 aliphatic rings. The summed E-state index contributed by atoms with van der Waals surface area (Å²) in [6, 6.07) is 24.3. The molecule has 4 rings (SSSR count). The van der Waals surface area contributed by atoms with Gasteiger partial charge in [-0.3, -0.25) is 4.90 Å². The van der Waals surface area contributed by atoms with Crippen LogP contribution in [-0.4, -0.2) is 54.5 Å². The van der Waals surface area contributed by atoms with Crippen molar-refractivity contribution in [1.29, 1.82) is 10.5 Å². The van der Waals surface area contributed by atoms with Crippen molar-refractivity contribution in [3.63, 3.8) is 0 Å². The van der Waals surface area contributed by atoms with Gasteiger partial charge in [-0.2, -0.15) is 10.5 Å². The van der Waals surface area contributed by atoms with Crippen LogP contribution in [0.3, 0.4) is 0 Å². The highest BCUT2D eigenvalue weighted by Gasteiger charge is 2.31. The summed E-state index contributed by atoms with van der Waals surface area (Å²) in [7, 11) is 0. The number of piperazine rings is 1. The number of hydrogen-bond donors (Lipinski definition) is 2. The van der Waals surface area contributed by atoms with E-state index in [0.717, 1.165) is 23.4 Å². The molecule has 1 fully saturated rings. The monoisotopic (exact) mass is 502 g/mol. The average Bonchev–Trinajstić information content (AvgIpc) is 2.92. The highest BCUT2D eigenvalue weighted by atomic mass is 35.5. The van der Waals surface area contributed by atoms with Crippen LogP contribution in [-0.2, 0) is 0 Å². The summed E-state index contributed by atoms with van der Waals surface area (Å²) in [5.74, 6) is 0.594. The molecule has 7 nitrogen and oxygen atoms in total. The number of benzene rings is 3. The normalized spacial score (nSPS) is 16.7. The lowest BCUT2D eigenvalue weighted by molar-refractivity contribution is 0.100. The molecule has 0 amide bonds. The summed E-state index contributed by atoms with van der Waals surface area (Å²) in [6.07, 6.45) is -0.683. The van der Waals surface area contributed by atoms with Crippen molar-refractivity contribution in [3.05, 3.63) is 94.0 Å². The summed E-state index contributed by atoms with van der Waals surface area (Å²) in [5, 5.41) is 38.7. The number of rotatable bonds is 8. The number of β-amino-alcohol motifs (C(OH)–C–C–N with tert-alkyl or cyclic N) is 1. The van der Waals surface area contributed by atoms with Crippen LogP contribution in [0.4, 0.5) is 5.69 Å². The molecule has 8 heteroatoms. The molecule has 2 atom stereocenters. The number of nitrogens with zero attached hydrogens (tertiary/aromatic N) is 4. The first-order chi connectivity index (χ1) is 17.5. The fourth-order valence-electron chi connectivity index (χ4n) is 4.46. The second kappa shape index (κ2) is 11.9. The van der Waals surface area contributed by atoms with Crippen molar-refractivity contribution in [1.82, 2.24) is 4.90 Å². The Morgan fingerprint density at radius 1 is 0.972 bits per heavy atom. The predicted molar refractivity (Wildman–Crippen MR) is 138 cm³/mol. The molecule has 36 heavy (non-hydrogen) atoms. The van der Waals surface area contributed by atoms with E-state index >= 15 is 0 Å². The van der Waals surface area contributed by atoms with Gasteiger partial charge in [0.2, 0.25) is 0 Å². The number of anilines is 1. The van der Waals surface area contributed by atoms with E-state index in [9.17, 15) is 10.4 Å². The van der Waals surface area contributed by atoms with Crippen molar-refractivity contribution in [3.8, 4) is 17.9 Å². The number of aliphatic hydroxyl groups is 2. The zero-order valence-corrected chi connectivity index (χ0v) is 20.5. The van der Waals surface area contributed by atoms with Crippen LogP contribution in [0, 0.1) is 22.7 Å². The molecule has 0 aliphatic carbocycles. The maximum absolute atomic E-state index is 10.9. The molecule has 3 aromatic carbocycles. The fraction of sp³-hybridized carbons (Fsp3) is 0.286. The standard InChI is InChI=1S/C28H27ClN4O3/c29-25-15-24(36-14-13-34)9-10-26(25)33-12-11-32(18-27(33)22-5-1-20(16-30)2-6-22)19-28(35)23-7-3-21(17-31)4-8-23/h1-10,15,27-28,34-35H,11-14,18-19H2/t27-,28+/m0/s1. The first-order valence-electron chi connectivity index (χ1n) is 11.7. The van der Waals surface area contributed by atoms with Crippen LogP contribution in [0.25, 0.3) is 0 Å². The summed E-state index contributed by atoms with van der Waals surface area (Å²) >= 11 is 6.66. The third-order valence-electron chi connectivity index (χ3n) is 6.33. The SMILES string of the molecule is N#Cc1ccc([C@H](O)CN2CCN(c3ccc(OCCO)cc3Cl)[C@H](c3ccc(C#N)cc3)C2)cc1. The topological polar surface area (TPSA) is 104 Å². The fourth-order valence-corrected chi connectivity index (χ4v) is 4.74. The lowest BCUT2D eigenvalue weighted by Crippen LogP contribution is -2.49. The molecular formula is C28H27ClN4O3. The van der Waals surface area contributed by atoms with Gasteiger partial charge in [0.15, 0.2) is 0 Å². The number of nitriles is 2. The third kappa shape index (κ3) is 5.96. The van der Waals surface area contributed by atoms with Crippen LogP contribution in [0.15, 0.2) is 66.7 Å². The first kappa shape index (κ1) is 25.5. The Labute approximate surface area is 215 Å². The van der Waals surface area contributed by atoms with Gasteiger partial charge in [0.05, 0.1) is 52.7 Å². The Hall–Kier alpha value is -3.59. The molecule has 1 saturated heterocycles. The van der Waals surface area contributed by atoms with Crippen LogP contribution in [0.5, 0.6) is 5.75 Å². The van der Waals surface area contributed by atoms with E-state index in [2.05, 4.69) is 21.9 Å². The van der Waals surface area contributed by atoms with Gasteiger partial charge in [-0.25, -0.2) is 0 Å². The van der Waals surface area contributed by atoms with E-state index in [0.29, 0.717) is 41.5 Å². The third-order valence-corrected chi connectivity index (χ3v) is 6.64. The van der Waals surface area contributed by atoms with E-state index < -0.39 is 6.10 Å². The zero-order valence-electron chi connectivity index (χ0n) is 19.7. The van der Waals surface area contributed by atoms with Gasteiger partial charge in [0, 0.05) is 32.2 Å². The zero-order chi connectivity index (χ0) is 25.5. The molecule has 0 unspecified atom stereocenters. The summed E-state index contributed by atoms with van der Waals surface area (Å²) in [4.78, 5) is 4.46. The minimum Gasteiger partial charge on any atom is -0.491 e. The minimum absolute atomic E-state index is 0.0543. The van der Waals surface area contributed by atoms with Crippen LogP contribution in [0.1, 0.15) is 34.4 Å². The first-order valence-corrected chi connectivity index (χ1v) is 12.1. The molecule has 0 spiro atoms. The van der Waals surface area contributed by atoms with Crippen LogP contribution < -0.4 is 9.64 Å². The van der Waals surface area contributed by atoms with Gasteiger partial charge in [-0.05, 0) is 47.5 Å². The molecule has 0 aromatic heterocycles. The van der Waals surface area contributed by atoms with Gasteiger partial charge in [-0.1, -0.05) is 35.9 Å². The molecule has 3 aromatic rings. The quantitative estimate of drug-likeness (QED) is 0.479. The molecule has 2 N–H and O–H groups in total. The number of ether oxygens (including phenoxy) is 1. The van der Waals surface area contributed by atoms with Crippen molar-refractivity contribution in [2.45, 2.75) is 12.1 Å². The van der Waals surface area contributed by atoms with Gasteiger partial charge in [-0.15, -0.1) is 0 Å². The Morgan fingerprint density at radius 3 is 2.25 bits per heavy atom. The maximum Gasteiger partial charge on any atom is 0.121 e. The number of halogens is 1. The van der Waals surface area contributed by atoms with Crippen molar-refractivity contribution in [2.24, 2.45) is 0 Å². The minimum atomic E-state index is -0.683. The van der Waals surface area contributed by atoms with Crippen molar-refractivity contribution >= 4 is 17.3 Å². The number of aliphatic hydroxyl groups excluding tert-OH is 2. The van der Waals surface area contributed by atoms with Crippen molar-refractivity contribution < 1.29 is 14.9 Å². The Balaban J connectivity index is 1.56. The van der Waals surface area contributed by atoms with E-state index in [1.807, 2.05) is 36.4 Å². The Kier molecular flexibility index (Phi) is 8.43. The van der Waals surface area contributed by atoms with Gasteiger partial charge in [0.1, 0.15) is 12.4 Å². The van der Waals surface area contributed by atoms with E-state index in [-0.39, 0.29) is 19.3 Å². The van der Waals surface area contributed by atoms with Gasteiger partial charge < -0.3 is 19.8 Å². The highest BCUT2D eigenvalue weighted by molar-refractivity contribution is 6.33. The molecule has 1 heterocycles. The highest BCUT2D eigenvalue weighted by Crippen LogP contribution is 2.37. The van der Waals surface area contributed by atoms with E-state index in [1.54, 1.807) is 30.3 Å². The summed E-state index contributed by atoms with van der Waals surface area (Å²) < 4.78 is 5.50. The Bertz CT molecular complexity index is 1250. The van der Waals surface area contributed by atoms with E-state index in [4.69, 9.17) is 26.7 Å². The predicted octanol–water partition coefficient (Wildman–Crippen LogP) is 4.05. The molecular weight excluding hydrogens is 476 g/mol. The lowest BCUT2D eigenvalue weighted by atomic mass is 9.99. The van der Waals surface area contributed by atoms with Gasteiger partial charge in [0.25, 0.3) is 0 Å². The Morgan fingerprint density at radius 2 is 1.64 bits per heavy atom. The number of hydrogen-bond acceptors (Lipinski definition) is 7. The van der Waals surface area contributed by atoms with Crippen molar-refractivity contribution in [2.75, 3.05) is 44.3 Å². The molecule has 0 bridgehead atoms. The summed E-state index contributed by atoms with van der Waals surface area (Å²) in [5.41, 5.74) is 3.84.